The molecule has 3 rings (SSSR count). The van der Waals surface area contributed by atoms with Gasteiger partial charge < -0.3 is 19.1 Å². The zero-order valence-electron chi connectivity index (χ0n) is 14.3. The van der Waals surface area contributed by atoms with Crippen LogP contribution in [-0.2, 0) is 13.2 Å². The number of ether oxygens (including phenoxy) is 1. The van der Waals surface area contributed by atoms with Gasteiger partial charge in [0.1, 0.15) is 18.1 Å². The van der Waals surface area contributed by atoms with E-state index in [1.54, 1.807) is 24.3 Å². The summed E-state index contributed by atoms with van der Waals surface area (Å²) in [5.74, 6) is 1.55. The molecular weight excluding hydrogens is 322 g/mol. The van der Waals surface area contributed by atoms with Crippen molar-refractivity contribution in [1.29, 1.82) is 0 Å². The molecule has 0 unspecified atom stereocenters. The fourth-order valence-electron chi connectivity index (χ4n) is 2.40. The van der Waals surface area contributed by atoms with E-state index in [0.717, 1.165) is 17.0 Å². The third-order valence-electron chi connectivity index (χ3n) is 3.78. The van der Waals surface area contributed by atoms with Crippen LogP contribution in [0.2, 0.25) is 0 Å². The predicted molar refractivity (Wildman–Crippen MR) is 89.2 cm³/mol. The summed E-state index contributed by atoms with van der Waals surface area (Å²) in [5, 5.41) is 10.5. The quantitative estimate of drug-likeness (QED) is 0.741. The van der Waals surface area contributed by atoms with Crippen molar-refractivity contribution in [2.75, 3.05) is 0 Å². The average molecular weight is 341 g/mol. The Balaban J connectivity index is 1.68. The number of rotatable bonds is 6. The zero-order chi connectivity index (χ0) is 17.8. The van der Waals surface area contributed by atoms with Gasteiger partial charge >= 0.3 is 0 Å². The molecular formula is C18H19N3O4. The Morgan fingerprint density at radius 1 is 1.16 bits per heavy atom. The average Bonchev–Trinajstić information content (AvgIpc) is 3.17. The van der Waals surface area contributed by atoms with Crippen LogP contribution in [0.5, 0.6) is 5.75 Å². The molecule has 0 saturated heterocycles. The van der Waals surface area contributed by atoms with Gasteiger partial charge in [-0.3, -0.25) is 4.79 Å². The van der Waals surface area contributed by atoms with Gasteiger partial charge in [-0.1, -0.05) is 22.4 Å². The lowest BCUT2D eigenvalue weighted by Gasteiger charge is -2.11. The first kappa shape index (κ1) is 16.8. The third kappa shape index (κ3) is 3.88. The number of nitrogens with zero attached hydrogens (tertiary/aromatic N) is 2. The summed E-state index contributed by atoms with van der Waals surface area (Å²) in [6, 6.07) is 8.85. The van der Waals surface area contributed by atoms with E-state index < -0.39 is 0 Å². The van der Waals surface area contributed by atoms with Crippen molar-refractivity contribution in [3.63, 3.8) is 0 Å². The fraction of sp³-hybridized carbons (Fsp3) is 0.278. The van der Waals surface area contributed by atoms with Crippen molar-refractivity contribution in [2.24, 2.45) is 0 Å². The molecule has 1 N–H and O–H groups in total. The van der Waals surface area contributed by atoms with E-state index in [-0.39, 0.29) is 19.1 Å². The molecule has 0 aliphatic carbocycles. The topological polar surface area (TPSA) is 90.4 Å². The lowest BCUT2D eigenvalue weighted by Crippen LogP contribution is -2.23. The molecule has 0 aliphatic heterocycles. The molecule has 0 radical (unpaired) electrons. The van der Waals surface area contributed by atoms with Gasteiger partial charge in [-0.25, -0.2) is 0 Å². The summed E-state index contributed by atoms with van der Waals surface area (Å²) in [4.78, 5) is 12.5. The van der Waals surface area contributed by atoms with Gasteiger partial charge in [-0.05, 0) is 32.9 Å². The molecule has 1 aromatic carbocycles. The second-order valence-electron chi connectivity index (χ2n) is 5.70. The minimum Gasteiger partial charge on any atom is -0.488 e. The number of para-hydroxylation sites is 1. The van der Waals surface area contributed by atoms with Crippen molar-refractivity contribution < 1.29 is 18.6 Å². The molecule has 0 bridgehead atoms. The molecule has 0 atom stereocenters. The first-order chi connectivity index (χ1) is 12.0. The van der Waals surface area contributed by atoms with Crippen LogP contribution >= 0.6 is 0 Å². The van der Waals surface area contributed by atoms with Gasteiger partial charge in [0.25, 0.3) is 5.91 Å². The summed E-state index contributed by atoms with van der Waals surface area (Å²) in [6.45, 7) is 6.06. The van der Waals surface area contributed by atoms with Crippen molar-refractivity contribution >= 4 is 5.91 Å². The second-order valence-corrected chi connectivity index (χ2v) is 5.70. The van der Waals surface area contributed by atoms with E-state index in [1.807, 2.05) is 26.8 Å². The summed E-state index contributed by atoms with van der Waals surface area (Å²) in [6.07, 6.45) is 0. The van der Waals surface area contributed by atoms with Crippen molar-refractivity contribution in [3.05, 3.63) is 64.4 Å². The highest BCUT2D eigenvalue weighted by molar-refractivity contribution is 5.96. The van der Waals surface area contributed by atoms with E-state index in [2.05, 4.69) is 15.6 Å². The highest BCUT2D eigenvalue weighted by Gasteiger charge is 2.15. The number of hydrogen-bond acceptors (Lipinski definition) is 6. The van der Waals surface area contributed by atoms with Crippen LogP contribution in [0.4, 0.5) is 0 Å². The largest absolute Gasteiger partial charge is 0.488 e. The molecule has 25 heavy (non-hydrogen) atoms. The van der Waals surface area contributed by atoms with Crippen molar-refractivity contribution in [1.82, 2.24) is 15.6 Å². The third-order valence-corrected chi connectivity index (χ3v) is 3.78. The van der Waals surface area contributed by atoms with E-state index in [4.69, 9.17) is 13.8 Å². The van der Waals surface area contributed by atoms with Crippen LogP contribution in [0.15, 0.2) is 39.4 Å². The molecule has 2 heterocycles. The molecule has 0 fully saturated rings. The van der Waals surface area contributed by atoms with Crippen molar-refractivity contribution in [2.45, 2.75) is 33.9 Å². The maximum Gasteiger partial charge on any atom is 0.255 e. The van der Waals surface area contributed by atoms with E-state index >= 15 is 0 Å². The zero-order valence-corrected chi connectivity index (χ0v) is 14.3. The number of hydrogen-bond donors (Lipinski definition) is 1. The highest BCUT2D eigenvalue weighted by atomic mass is 16.5. The maximum absolute atomic E-state index is 12.5. The Morgan fingerprint density at radius 3 is 2.64 bits per heavy atom. The van der Waals surface area contributed by atoms with Crippen LogP contribution in [0.3, 0.4) is 0 Å². The lowest BCUT2D eigenvalue weighted by atomic mass is 10.1. The highest BCUT2D eigenvalue weighted by Crippen LogP contribution is 2.21. The summed E-state index contributed by atoms with van der Waals surface area (Å²) < 4.78 is 16.0. The van der Waals surface area contributed by atoms with Crippen molar-refractivity contribution in [3.8, 4) is 5.75 Å². The van der Waals surface area contributed by atoms with Gasteiger partial charge in [-0.2, -0.15) is 0 Å². The predicted octanol–water partition coefficient (Wildman–Crippen LogP) is 3.10. The summed E-state index contributed by atoms with van der Waals surface area (Å²) >= 11 is 0. The number of carbonyl (C=O) groups excluding carboxylic acids is 1. The van der Waals surface area contributed by atoms with Gasteiger partial charge in [0.2, 0.25) is 0 Å². The molecule has 0 aliphatic rings. The van der Waals surface area contributed by atoms with E-state index in [0.29, 0.717) is 22.8 Å². The molecule has 3 aromatic rings. The van der Waals surface area contributed by atoms with Gasteiger partial charge in [0.05, 0.1) is 29.1 Å². The number of carbonyl (C=O) groups is 1. The first-order valence-electron chi connectivity index (χ1n) is 7.88. The van der Waals surface area contributed by atoms with E-state index in [1.165, 1.54) is 0 Å². The number of nitrogens with one attached hydrogen (secondary N) is 1. The number of aryl methyl sites for hydroxylation is 3. The molecule has 2 aromatic heterocycles. The molecule has 0 spiro atoms. The number of amides is 1. The minimum absolute atomic E-state index is 0.247. The molecule has 1 amide bonds. The van der Waals surface area contributed by atoms with E-state index in [9.17, 15) is 4.79 Å². The van der Waals surface area contributed by atoms with Crippen LogP contribution in [0, 0.1) is 20.8 Å². The number of benzene rings is 1. The monoisotopic (exact) mass is 341 g/mol. The minimum atomic E-state index is -0.247. The Hall–Kier alpha value is -3.09. The molecule has 130 valence electrons. The first-order valence-corrected chi connectivity index (χ1v) is 7.88. The SMILES string of the molecule is Cc1cc(CNC(=O)c2ccccc2OCc2c(C)noc2C)on1. The van der Waals surface area contributed by atoms with Crippen LogP contribution in [-0.4, -0.2) is 16.2 Å². The van der Waals surface area contributed by atoms with Crippen LogP contribution in [0.1, 0.15) is 38.8 Å². The lowest BCUT2D eigenvalue weighted by molar-refractivity contribution is 0.0942. The molecule has 7 nitrogen and oxygen atoms in total. The Morgan fingerprint density at radius 2 is 1.96 bits per heavy atom. The Bertz CT molecular complexity index is 863. The second kappa shape index (κ2) is 7.21. The van der Waals surface area contributed by atoms with Gasteiger partial charge in [0.15, 0.2) is 5.76 Å². The summed E-state index contributed by atoms with van der Waals surface area (Å²) in [7, 11) is 0. The fourth-order valence-corrected chi connectivity index (χ4v) is 2.40. The van der Waals surface area contributed by atoms with Gasteiger partial charge in [-0.15, -0.1) is 0 Å². The Labute approximate surface area is 144 Å². The maximum atomic E-state index is 12.5. The Kier molecular flexibility index (Phi) is 4.83. The molecule has 0 saturated carbocycles. The number of aromatic nitrogens is 2. The van der Waals surface area contributed by atoms with Gasteiger partial charge in [0, 0.05) is 6.07 Å². The van der Waals surface area contributed by atoms with Crippen LogP contribution in [0.25, 0.3) is 0 Å². The van der Waals surface area contributed by atoms with Crippen LogP contribution < -0.4 is 10.1 Å². The standard InChI is InChI=1S/C18H19N3O4/c1-11-8-14(25-20-11)9-19-18(22)15-6-4-5-7-17(15)23-10-16-12(2)21-24-13(16)3/h4-8H,9-10H2,1-3H3,(H,19,22). The summed E-state index contributed by atoms with van der Waals surface area (Å²) in [5.41, 5.74) is 2.88. The normalized spacial score (nSPS) is 10.7. The molecule has 7 heteroatoms. The smallest absolute Gasteiger partial charge is 0.255 e.